The molecule has 2 atom stereocenters. The summed E-state index contributed by atoms with van der Waals surface area (Å²) in [6, 6.07) is 0.652. The Morgan fingerprint density at radius 3 is 2.68 bits per heavy atom. The molecule has 1 heterocycles. The summed E-state index contributed by atoms with van der Waals surface area (Å²) < 4.78 is 5.96. The van der Waals surface area contributed by atoms with Gasteiger partial charge in [0.2, 0.25) is 0 Å². The minimum atomic E-state index is 0.459. The smallest absolute Gasteiger partial charge is 0.0702 e. The van der Waals surface area contributed by atoms with E-state index < -0.39 is 0 Å². The molecule has 1 aliphatic heterocycles. The lowest BCUT2D eigenvalue weighted by atomic mass is 9.98. The van der Waals surface area contributed by atoms with Gasteiger partial charge in [-0.2, -0.15) is 0 Å². The predicted molar refractivity (Wildman–Crippen MR) is 82.6 cm³/mol. The van der Waals surface area contributed by atoms with E-state index in [0.717, 1.165) is 32.7 Å². The van der Waals surface area contributed by atoms with Crippen molar-refractivity contribution < 1.29 is 4.74 Å². The fourth-order valence-electron chi connectivity index (χ4n) is 2.90. The minimum absolute atomic E-state index is 0.459. The minimum Gasteiger partial charge on any atom is -0.377 e. The average Bonchev–Trinajstić information content (AvgIpc) is 2.41. The number of hydrogen-bond donors (Lipinski definition) is 1. The first kappa shape index (κ1) is 16.9. The first-order chi connectivity index (χ1) is 9.19. The molecule has 2 unspecified atom stereocenters. The molecule has 0 spiro atoms. The van der Waals surface area contributed by atoms with Crippen molar-refractivity contribution in [3.05, 3.63) is 0 Å². The largest absolute Gasteiger partial charge is 0.377 e. The number of hydrogen-bond acceptors (Lipinski definition) is 3. The molecule has 3 nitrogen and oxygen atoms in total. The molecule has 0 radical (unpaired) electrons. The second-order valence-electron chi connectivity index (χ2n) is 6.15. The van der Waals surface area contributed by atoms with Crippen molar-refractivity contribution >= 4 is 0 Å². The summed E-state index contributed by atoms with van der Waals surface area (Å²) in [5, 5.41) is 3.59. The first-order valence-corrected chi connectivity index (χ1v) is 8.25. The Kier molecular flexibility index (Phi) is 8.67. The molecule has 1 rings (SSSR count). The molecular formula is C16H34N2O. The van der Waals surface area contributed by atoms with Crippen LogP contribution < -0.4 is 5.32 Å². The van der Waals surface area contributed by atoms with Gasteiger partial charge in [0, 0.05) is 25.7 Å². The summed E-state index contributed by atoms with van der Waals surface area (Å²) in [5.41, 5.74) is 0. The highest BCUT2D eigenvalue weighted by Crippen LogP contribution is 2.19. The van der Waals surface area contributed by atoms with Gasteiger partial charge in [0.05, 0.1) is 6.10 Å². The predicted octanol–water partition coefficient (Wildman–Crippen LogP) is 2.90. The number of nitrogens with zero attached hydrogens (tertiary/aromatic N) is 1. The highest BCUT2D eigenvalue weighted by atomic mass is 16.5. The van der Waals surface area contributed by atoms with Gasteiger partial charge < -0.3 is 10.1 Å². The Hall–Kier alpha value is -0.120. The third-order valence-electron chi connectivity index (χ3n) is 3.99. The number of nitrogens with one attached hydrogen (secondary N) is 1. The maximum absolute atomic E-state index is 5.96. The van der Waals surface area contributed by atoms with E-state index in [4.69, 9.17) is 4.74 Å². The van der Waals surface area contributed by atoms with Gasteiger partial charge in [0.15, 0.2) is 0 Å². The van der Waals surface area contributed by atoms with Crippen LogP contribution in [-0.2, 0) is 4.74 Å². The Morgan fingerprint density at radius 2 is 2.05 bits per heavy atom. The number of ether oxygens (including phenoxy) is 1. The molecule has 19 heavy (non-hydrogen) atoms. The average molecular weight is 270 g/mol. The molecule has 0 aliphatic carbocycles. The lowest BCUT2D eigenvalue weighted by Crippen LogP contribution is -2.51. The van der Waals surface area contributed by atoms with E-state index in [0.29, 0.717) is 18.1 Å². The van der Waals surface area contributed by atoms with Crippen molar-refractivity contribution in [2.24, 2.45) is 5.92 Å². The summed E-state index contributed by atoms with van der Waals surface area (Å²) in [6.07, 6.45) is 5.32. The molecule has 0 aromatic carbocycles. The Balaban J connectivity index is 2.43. The SMILES string of the molecule is CCCNCC(C(C)C)N1CCCC(OCCC)C1. The van der Waals surface area contributed by atoms with E-state index >= 15 is 0 Å². The summed E-state index contributed by atoms with van der Waals surface area (Å²) in [6.45, 7) is 14.6. The monoisotopic (exact) mass is 270 g/mol. The number of likely N-dealkylation sites (tertiary alicyclic amines) is 1. The van der Waals surface area contributed by atoms with Gasteiger partial charge in [-0.3, -0.25) is 4.90 Å². The van der Waals surface area contributed by atoms with Crippen LogP contribution in [0.25, 0.3) is 0 Å². The van der Waals surface area contributed by atoms with E-state index in [1.807, 2.05) is 0 Å². The zero-order valence-electron chi connectivity index (χ0n) is 13.5. The van der Waals surface area contributed by atoms with E-state index in [-0.39, 0.29) is 0 Å². The summed E-state index contributed by atoms with van der Waals surface area (Å²) >= 11 is 0. The number of piperidine rings is 1. The van der Waals surface area contributed by atoms with Gasteiger partial charge in [-0.25, -0.2) is 0 Å². The van der Waals surface area contributed by atoms with Crippen molar-refractivity contribution in [3.8, 4) is 0 Å². The third-order valence-corrected chi connectivity index (χ3v) is 3.99. The van der Waals surface area contributed by atoms with E-state index in [1.165, 1.54) is 25.8 Å². The second kappa shape index (κ2) is 9.73. The Bertz CT molecular complexity index is 221. The molecule has 1 saturated heterocycles. The van der Waals surface area contributed by atoms with Crippen LogP contribution >= 0.6 is 0 Å². The van der Waals surface area contributed by atoms with Crippen LogP contribution in [0.2, 0.25) is 0 Å². The molecule has 3 heteroatoms. The van der Waals surface area contributed by atoms with Crippen molar-refractivity contribution in [2.45, 2.75) is 65.5 Å². The van der Waals surface area contributed by atoms with Crippen molar-refractivity contribution in [3.63, 3.8) is 0 Å². The molecule has 0 aromatic rings. The van der Waals surface area contributed by atoms with Gasteiger partial charge in [-0.15, -0.1) is 0 Å². The molecule has 114 valence electrons. The molecule has 1 fully saturated rings. The maximum Gasteiger partial charge on any atom is 0.0702 e. The molecular weight excluding hydrogens is 236 g/mol. The van der Waals surface area contributed by atoms with Crippen molar-refractivity contribution in [1.82, 2.24) is 10.2 Å². The first-order valence-electron chi connectivity index (χ1n) is 8.25. The van der Waals surface area contributed by atoms with Crippen LogP contribution in [-0.4, -0.2) is 49.8 Å². The fourth-order valence-corrected chi connectivity index (χ4v) is 2.90. The fraction of sp³-hybridized carbons (Fsp3) is 1.00. The standard InChI is InChI=1S/C16H34N2O/c1-5-9-17-12-16(14(3)4)18-10-7-8-15(13-18)19-11-6-2/h14-17H,5-13H2,1-4H3. The van der Waals surface area contributed by atoms with Crippen LogP contribution in [0.15, 0.2) is 0 Å². The quantitative estimate of drug-likeness (QED) is 0.652. The highest BCUT2D eigenvalue weighted by molar-refractivity contribution is 4.83. The van der Waals surface area contributed by atoms with Gasteiger partial charge in [-0.05, 0) is 44.7 Å². The number of rotatable bonds is 9. The van der Waals surface area contributed by atoms with Crippen LogP contribution in [0.1, 0.15) is 53.4 Å². The second-order valence-corrected chi connectivity index (χ2v) is 6.15. The third kappa shape index (κ3) is 6.24. The van der Waals surface area contributed by atoms with Gasteiger partial charge in [0.1, 0.15) is 0 Å². The Labute approximate surface area is 120 Å². The molecule has 1 aliphatic rings. The maximum atomic E-state index is 5.96. The summed E-state index contributed by atoms with van der Waals surface area (Å²) in [5.74, 6) is 0.703. The van der Waals surface area contributed by atoms with Gasteiger partial charge in [-0.1, -0.05) is 27.7 Å². The normalized spacial score (nSPS) is 22.9. The van der Waals surface area contributed by atoms with E-state index in [2.05, 4.69) is 37.9 Å². The van der Waals surface area contributed by atoms with Crippen LogP contribution in [0, 0.1) is 5.92 Å². The Morgan fingerprint density at radius 1 is 1.26 bits per heavy atom. The van der Waals surface area contributed by atoms with Gasteiger partial charge in [0.25, 0.3) is 0 Å². The zero-order chi connectivity index (χ0) is 14.1. The van der Waals surface area contributed by atoms with Crippen molar-refractivity contribution in [1.29, 1.82) is 0 Å². The molecule has 1 N–H and O–H groups in total. The van der Waals surface area contributed by atoms with Crippen LogP contribution in [0.4, 0.5) is 0 Å². The lowest BCUT2D eigenvalue weighted by Gasteiger charge is -2.40. The van der Waals surface area contributed by atoms with E-state index in [9.17, 15) is 0 Å². The highest BCUT2D eigenvalue weighted by Gasteiger charge is 2.27. The summed E-state index contributed by atoms with van der Waals surface area (Å²) in [7, 11) is 0. The van der Waals surface area contributed by atoms with Gasteiger partial charge >= 0.3 is 0 Å². The molecule has 0 saturated carbocycles. The van der Waals surface area contributed by atoms with E-state index in [1.54, 1.807) is 0 Å². The zero-order valence-corrected chi connectivity index (χ0v) is 13.5. The molecule has 0 aromatic heterocycles. The lowest BCUT2D eigenvalue weighted by molar-refractivity contribution is -0.0184. The molecule has 0 bridgehead atoms. The van der Waals surface area contributed by atoms with Crippen LogP contribution in [0.3, 0.4) is 0 Å². The summed E-state index contributed by atoms with van der Waals surface area (Å²) in [4.78, 5) is 2.65. The molecule has 0 amide bonds. The van der Waals surface area contributed by atoms with Crippen LogP contribution in [0.5, 0.6) is 0 Å². The van der Waals surface area contributed by atoms with Crippen molar-refractivity contribution in [2.75, 3.05) is 32.8 Å². The topological polar surface area (TPSA) is 24.5 Å².